The lowest BCUT2D eigenvalue weighted by Crippen LogP contribution is -2.68. The first-order valence-corrected chi connectivity index (χ1v) is 18.5. The standard InChI is InChI=1S/C39H47O9P/c1-3-46-49(41,47-4-2)30-39(40)38(45-28-34-23-15-8-16-24-34)37(44-27-33-21-13-7-14-22-33)36(43-26-32-19-11-6-12-20-32)35(48-39)29-42-25-31-17-9-5-10-18-31/h5-24,35-38,40H,3-4,25-30H2,1-2H3/t35-,36+,37+,38-,39+/m1/s1. The number of aliphatic hydroxyl groups is 1. The summed E-state index contributed by atoms with van der Waals surface area (Å²) in [5.74, 6) is -2.18. The Morgan fingerprint density at radius 2 is 1.02 bits per heavy atom. The Bertz CT molecular complexity index is 1530. The summed E-state index contributed by atoms with van der Waals surface area (Å²) in [5, 5.41) is 12.6. The van der Waals surface area contributed by atoms with Gasteiger partial charge in [-0.3, -0.25) is 4.57 Å². The first kappa shape index (κ1) is 37.1. The van der Waals surface area contributed by atoms with Gasteiger partial charge in [-0.2, -0.15) is 0 Å². The van der Waals surface area contributed by atoms with Crippen LogP contribution < -0.4 is 0 Å². The van der Waals surface area contributed by atoms with Gasteiger partial charge >= 0.3 is 7.60 Å². The number of hydrogen-bond donors (Lipinski definition) is 1. The summed E-state index contributed by atoms with van der Waals surface area (Å²) >= 11 is 0. The number of rotatable bonds is 19. The zero-order valence-corrected chi connectivity index (χ0v) is 29.1. The van der Waals surface area contributed by atoms with Crippen LogP contribution in [0.3, 0.4) is 0 Å². The van der Waals surface area contributed by atoms with Crippen LogP contribution in [0.25, 0.3) is 0 Å². The minimum Gasteiger partial charge on any atom is -0.374 e. The fourth-order valence-corrected chi connectivity index (χ4v) is 7.72. The summed E-state index contributed by atoms with van der Waals surface area (Å²) < 4.78 is 58.0. The van der Waals surface area contributed by atoms with Gasteiger partial charge in [0.05, 0.1) is 46.2 Å². The van der Waals surface area contributed by atoms with Crippen molar-refractivity contribution in [3.63, 3.8) is 0 Å². The molecule has 1 fully saturated rings. The molecule has 5 atom stereocenters. The van der Waals surface area contributed by atoms with Crippen LogP contribution in [0.5, 0.6) is 0 Å². The van der Waals surface area contributed by atoms with Gasteiger partial charge in [0, 0.05) is 0 Å². The van der Waals surface area contributed by atoms with Crippen LogP contribution in [-0.4, -0.2) is 61.3 Å². The molecule has 0 aromatic heterocycles. The zero-order chi connectivity index (χ0) is 34.4. The average molecular weight is 691 g/mol. The molecular weight excluding hydrogens is 643 g/mol. The van der Waals surface area contributed by atoms with E-state index in [2.05, 4.69) is 0 Å². The Kier molecular flexibility index (Phi) is 14.1. The number of benzene rings is 4. The van der Waals surface area contributed by atoms with Crippen LogP contribution in [0, 0.1) is 0 Å². The molecule has 49 heavy (non-hydrogen) atoms. The van der Waals surface area contributed by atoms with Gasteiger partial charge in [0.1, 0.15) is 30.6 Å². The third-order valence-electron chi connectivity index (χ3n) is 8.10. The van der Waals surface area contributed by atoms with Gasteiger partial charge in [0.2, 0.25) is 5.79 Å². The molecule has 9 nitrogen and oxygen atoms in total. The molecule has 0 amide bonds. The van der Waals surface area contributed by atoms with Crippen LogP contribution in [0.4, 0.5) is 0 Å². The molecule has 0 unspecified atom stereocenters. The van der Waals surface area contributed by atoms with E-state index < -0.39 is 44.0 Å². The van der Waals surface area contributed by atoms with Crippen LogP contribution in [0.1, 0.15) is 36.1 Å². The molecule has 10 heteroatoms. The molecular formula is C39H47O9P. The third-order valence-corrected chi connectivity index (χ3v) is 10.2. The summed E-state index contributed by atoms with van der Waals surface area (Å²) in [7, 11) is -3.87. The Balaban J connectivity index is 1.53. The van der Waals surface area contributed by atoms with E-state index >= 15 is 0 Å². The molecule has 1 saturated heterocycles. The monoisotopic (exact) mass is 690 g/mol. The molecule has 0 aliphatic carbocycles. The summed E-state index contributed by atoms with van der Waals surface area (Å²) in [6.45, 7) is 4.59. The maximum atomic E-state index is 14.0. The van der Waals surface area contributed by atoms with Gasteiger partial charge in [-0.1, -0.05) is 121 Å². The van der Waals surface area contributed by atoms with Crippen molar-refractivity contribution < 1.29 is 42.4 Å². The van der Waals surface area contributed by atoms with Gasteiger partial charge in [-0.25, -0.2) is 0 Å². The number of hydrogen-bond acceptors (Lipinski definition) is 9. The van der Waals surface area contributed by atoms with E-state index in [1.165, 1.54) is 0 Å². The van der Waals surface area contributed by atoms with Gasteiger partial charge < -0.3 is 37.8 Å². The van der Waals surface area contributed by atoms with E-state index in [1.807, 2.05) is 121 Å². The Morgan fingerprint density at radius 1 is 0.612 bits per heavy atom. The van der Waals surface area contributed by atoms with Crippen LogP contribution >= 0.6 is 7.60 Å². The Hall–Kier alpha value is -3.21. The highest BCUT2D eigenvalue weighted by molar-refractivity contribution is 7.53. The zero-order valence-electron chi connectivity index (χ0n) is 28.2. The minimum atomic E-state index is -3.87. The van der Waals surface area contributed by atoms with Gasteiger partial charge in [0.15, 0.2) is 0 Å². The Morgan fingerprint density at radius 3 is 1.47 bits per heavy atom. The van der Waals surface area contributed by atoms with Crippen molar-refractivity contribution in [1.82, 2.24) is 0 Å². The van der Waals surface area contributed by atoms with Gasteiger partial charge in [0.25, 0.3) is 0 Å². The largest absolute Gasteiger partial charge is 0.374 e. The lowest BCUT2D eigenvalue weighted by molar-refractivity contribution is -0.362. The van der Waals surface area contributed by atoms with E-state index in [-0.39, 0.29) is 39.6 Å². The van der Waals surface area contributed by atoms with Crippen molar-refractivity contribution >= 4 is 7.60 Å². The predicted molar refractivity (Wildman–Crippen MR) is 187 cm³/mol. The molecule has 1 aliphatic rings. The molecule has 1 heterocycles. The second-order valence-electron chi connectivity index (χ2n) is 11.8. The van der Waals surface area contributed by atoms with Crippen LogP contribution in [0.2, 0.25) is 0 Å². The van der Waals surface area contributed by atoms with Crippen molar-refractivity contribution in [3.8, 4) is 0 Å². The summed E-state index contributed by atoms with van der Waals surface area (Å²) in [4.78, 5) is 0. The van der Waals surface area contributed by atoms with Crippen molar-refractivity contribution in [2.45, 2.75) is 70.5 Å². The van der Waals surface area contributed by atoms with E-state index in [0.29, 0.717) is 6.61 Å². The first-order chi connectivity index (χ1) is 23.9. The van der Waals surface area contributed by atoms with E-state index in [9.17, 15) is 9.67 Å². The second kappa shape index (κ2) is 18.7. The van der Waals surface area contributed by atoms with E-state index in [4.69, 9.17) is 32.7 Å². The molecule has 1 N–H and O–H groups in total. The lowest BCUT2D eigenvalue weighted by Gasteiger charge is -2.50. The van der Waals surface area contributed by atoms with Crippen molar-refractivity contribution in [1.29, 1.82) is 0 Å². The topological polar surface area (TPSA) is 102 Å². The van der Waals surface area contributed by atoms with Crippen molar-refractivity contribution in [2.75, 3.05) is 26.0 Å². The average Bonchev–Trinajstić information content (AvgIpc) is 3.11. The highest BCUT2D eigenvalue weighted by Gasteiger charge is 2.59. The minimum absolute atomic E-state index is 0.0425. The van der Waals surface area contributed by atoms with E-state index in [0.717, 1.165) is 22.3 Å². The molecule has 4 aromatic carbocycles. The molecule has 4 aromatic rings. The summed E-state index contributed by atoms with van der Waals surface area (Å²) in [5.41, 5.74) is 3.73. The first-order valence-electron chi connectivity index (χ1n) is 16.8. The predicted octanol–water partition coefficient (Wildman–Crippen LogP) is 7.31. The molecule has 0 saturated carbocycles. The van der Waals surface area contributed by atoms with E-state index in [1.54, 1.807) is 13.8 Å². The smallest absolute Gasteiger partial charge is 0.336 e. The Labute approximate surface area is 289 Å². The van der Waals surface area contributed by atoms with Crippen molar-refractivity contribution in [3.05, 3.63) is 144 Å². The summed E-state index contributed by atoms with van der Waals surface area (Å²) in [6, 6.07) is 38.9. The quantitative estimate of drug-likeness (QED) is 0.102. The van der Waals surface area contributed by atoms with Crippen molar-refractivity contribution in [2.24, 2.45) is 0 Å². The fraction of sp³-hybridized carbons (Fsp3) is 0.385. The molecule has 0 bridgehead atoms. The van der Waals surface area contributed by atoms with Crippen LogP contribution in [0.15, 0.2) is 121 Å². The molecule has 0 spiro atoms. The molecule has 5 rings (SSSR count). The molecule has 0 radical (unpaired) electrons. The SMILES string of the molecule is CCOP(=O)(C[C@]1(O)O[C@H](COCc2ccccc2)[C@H](OCc2ccccc2)[C@H](OCc2ccccc2)[C@H]1OCc1ccccc1)OCC. The van der Waals surface area contributed by atoms with Gasteiger partial charge in [-0.05, 0) is 36.1 Å². The molecule has 262 valence electrons. The second-order valence-corrected chi connectivity index (χ2v) is 13.9. The molecule has 1 aliphatic heterocycles. The number of ether oxygens (including phenoxy) is 5. The van der Waals surface area contributed by atoms with Crippen LogP contribution in [-0.2, 0) is 63.7 Å². The fourth-order valence-electron chi connectivity index (χ4n) is 5.86. The highest BCUT2D eigenvalue weighted by atomic mass is 31.2. The third kappa shape index (κ3) is 10.9. The summed E-state index contributed by atoms with van der Waals surface area (Å²) in [6.07, 6.45) is -4.18. The highest BCUT2D eigenvalue weighted by Crippen LogP contribution is 2.53. The van der Waals surface area contributed by atoms with Gasteiger partial charge in [-0.15, -0.1) is 0 Å². The normalized spacial score (nSPS) is 22.6. The maximum Gasteiger partial charge on any atom is 0.336 e. The maximum absolute atomic E-state index is 14.0. The lowest BCUT2D eigenvalue weighted by atomic mass is 9.92.